The molecule has 2 N–H and O–H groups in total. The maximum atomic E-state index is 11.0. The van der Waals surface area contributed by atoms with Gasteiger partial charge in [-0.1, -0.05) is 0 Å². The molecular weight excluding hydrogens is 210 g/mol. The van der Waals surface area contributed by atoms with Crippen molar-refractivity contribution in [3.8, 4) is 0 Å². The third-order valence-electron chi connectivity index (χ3n) is 2.05. The second kappa shape index (κ2) is 9.15. The highest BCUT2D eigenvalue weighted by Crippen LogP contribution is 2.04. The van der Waals surface area contributed by atoms with Gasteiger partial charge in [0.05, 0.1) is 13.2 Å². The molecule has 0 amide bonds. The van der Waals surface area contributed by atoms with Crippen LogP contribution in [0.15, 0.2) is 0 Å². The quantitative estimate of drug-likeness (QED) is 0.630. The van der Waals surface area contributed by atoms with Gasteiger partial charge in [-0.25, -0.2) is 0 Å². The van der Waals surface area contributed by atoms with Crippen molar-refractivity contribution < 1.29 is 19.1 Å². The van der Waals surface area contributed by atoms with Gasteiger partial charge in [-0.2, -0.15) is 0 Å². The number of hydrogen-bond donors (Lipinski definition) is 1. The minimum Gasteiger partial charge on any atom is -0.466 e. The third kappa shape index (κ3) is 8.23. The minimum absolute atomic E-state index is 0.159. The van der Waals surface area contributed by atoms with E-state index in [1.54, 1.807) is 13.8 Å². The van der Waals surface area contributed by atoms with Crippen LogP contribution in [0.5, 0.6) is 0 Å². The topological polar surface area (TPSA) is 78.6 Å². The number of ether oxygens (including phenoxy) is 2. The standard InChI is InChI=1S/C11H21NO4/c1-3-15-10(13)7-5-9(12)6-8-11(14)16-4-2/h9H,3-8,12H2,1-2H3. The zero-order chi connectivity index (χ0) is 12.4. The fourth-order valence-electron chi connectivity index (χ4n) is 1.22. The average Bonchev–Trinajstić information content (AvgIpc) is 2.24. The van der Waals surface area contributed by atoms with Crippen molar-refractivity contribution in [3.63, 3.8) is 0 Å². The lowest BCUT2D eigenvalue weighted by Crippen LogP contribution is -2.23. The first-order chi connectivity index (χ1) is 7.60. The van der Waals surface area contributed by atoms with Gasteiger partial charge in [-0.3, -0.25) is 9.59 Å². The Morgan fingerprint density at radius 2 is 1.38 bits per heavy atom. The van der Waals surface area contributed by atoms with E-state index in [4.69, 9.17) is 15.2 Å². The van der Waals surface area contributed by atoms with Crippen LogP contribution >= 0.6 is 0 Å². The summed E-state index contributed by atoms with van der Waals surface area (Å²) in [5.74, 6) is -0.483. The maximum Gasteiger partial charge on any atom is 0.305 e. The Kier molecular flexibility index (Phi) is 8.52. The van der Waals surface area contributed by atoms with Crippen molar-refractivity contribution in [1.82, 2.24) is 0 Å². The molecule has 0 rings (SSSR count). The number of nitrogens with two attached hydrogens (primary N) is 1. The average molecular weight is 231 g/mol. The Bertz CT molecular complexity index is 196. The fraction of sp³-hybridized carbons (Fsp3) is 0.818. The second-order valence-corrected chi connectivity index (χ2v) is 3.45. The zero-order valence-corrected chi connectivity index (χ0v) is 10.0. The van der Waals surface area contributed by atoms with E-state index in [-0.39, 0.29) is 18.0 Å². The van der Waals surface area contributed by atoms with E-state index in [0.717, 1.165) is 0 Å². The lowest BCUT2D eigenvalue weighted by Gasteiger charge is -2.10. The van der Waals surface area contributed by atoms with E-state index in [9.17, 15) is 9.59 Å². The second-order valence-electron chi connectivity index (χ2n) is 3.45. The largest absolute Gasteiger partial charge is 0.466 e. The molecule has 0 radical (unpaired) electrons. The fourth-order valence-corrected chi connectivity index (χ4v) is 1.22. The highest BCUT2D eigenvalue weighted by Gasteiger charge is 2.10. The minimum atomic E-state index is -0.242. The molecular formula is C11H21NO4. The summed E-state index contributed by atoms with van der Waals surface area (Å²) in [5.41, 5.74) is 5.75. The molecule has 0 spiro atoms. The van der Waals surface area contributed by atoms with Gasteiger partial charge in [0.25, 0.3) is 0 Å². The molecule has 0 bridgehead atoms. The van der Waals surface area contributed by atoms with Crippen LogP contribution in [0.3, 0.4) is 0 Å². The van der Waals surface area contributed by atoms with Crippen molar-refractivity contribution in [2.45, 2.75) is 45.6 Å². The van der Waals surface area contributed by atoms with Crippen molar-refractivity contribution in [2.75, 3.05) is 13.2 Å². The number of hydrogen-bond acceptors (Lipinski definition) is 5. The van der Waals surface area contributed by atoms with Gasteiger partial charge < -0.3 is 15.2 Å². The highest BCUT2D eigenvalue weighted by molar-refractivity contribution is 5.70. The van der Waals surface area contributed by atoms with Crippen LogP contribution in [-0.2, 0) is 19.1 Å². The summed E-state index contributed by atoms with van der Waals surface area (Å²) in [4.78, 5) is 22.0. The summed E-state index contributed by atoms with van der Waals surface area (Å²) in [6, 6.07) is -0.159. The van der Waals surface area contributed by atoms with Crippen LogP contribution in [-0.4, -0.2) is 31.2 Å². The molecule has 0 atom stereocenters. The summed E-state index contributed by atoms with van der Waals surface area (Å²) in [6.45, 7) is 4.30. The molecule has 0 heterocycles. The molecule has 0 aromatic heterocycles. The first kappa shape index (κ1) is 14.9. The summed E-state index contributed by atoms with van der Waals surface area (Å²) >= 11 is 0. The number of carbonyl (C=O) groups is 2. The van der Waals surface area contributed by atoms with E-state index in [0.29, 0.717) is 38.9 Å². The van der Waals surface area contributed by atoms with E-state index in [1.165, 1.54) is 0 Å². The Balaban J connectivity index is 3.54. The van der Waals surface area contributed by atoms with Crippen molar-refractivity contribution >= 4 is 11.9 Å². The molecule has 0 fully saturated rings. The smallest absolute Gasteiger partial charge is 0.305 e. The lowest BCUT2D eigenvalue weighted by molar-refractivity contribution is -0.143. The van der Waals surface area contributed by atoms with E-state index >= 15 is 0 Å². The Morgan fingerprint density at radius 3 is 1.69 bits per heavy atom. The van der Waals surface area contributed by atoms with Gasteiger partial charge in [-0.05, 0) is 26.7 Å². The van der Waals surface area contributed by atoms with E-state index < -0.39 is 0 Å². The van der Waals surface area contributed by atoms with Crippen LogP contribution in [0, 0.1) is 0 Å². The van der Waals surface area contributed by atoms with Gasteiger partial charge >= 0.3 is 11.9 Å². The number of rotatable bonds is 8. The Labute approximate surface area is 96.3 Å². The third-order valence-corrected chi connectivity index (χ3v) is 2.05. The molecule has 0 aromatic carbocycles. The molecule has 0 saturated carbocycles. The number of esters is 2. The highest BCUT2D eigenvalue weighted by atomic mass is 16.5. The SMILES string of the molecule is CCOC(=O)CCC(N)CCC(=O)OCC. The molecule has 5 heteroatoms. The summed E-state index contributed by atoms with van der Waals surface area (Å²) < 4.78 is 9.54. The molecule has 94 valence electrons. The van der Waals surface area contributed by atoms with Gasteiger partial charge in [0.15, 0.2) is 0 Å². The van der Waals surface area contributed by atoms with E-state index in [2.05, 4.69) is 0 Å². The molecule has 5 nitrogen and oxygen atoms in total. The van der Waals surface area contributed by atoms with Crippen LogP contribution in [0.25, 0.3) is 0 Å². The molecule has 0 saturated heterocycles. The predicted octanol–water partition coefficient (Wildman–Crippen LogP) is 1.00. The monoisotopic (exact) mass is 231 g/mol. The normalized spacial score (nSPS) is 10.2. The van der Waals surface area contributed by atoms with Crippen LogP contribution in [0.2, 0.25) is 0 Å². The van der Waals surface area contributed by atoms with Crippen LogP contribution in [0.1, 0.15) is 39.5 Å². The van der Waals surface area contributed by atoms with Gasteiger partial charge in [0, 0.05) is 18.9 Å². The maximum absolute atomic E-state index is 11.0. The summed E-state index contributed by atoms with van der Waals surface area (Å²) in [7, 11) is 0. The van der Waals surface area contributed by atoms with Gasteiger partial charge in [0.1, 0.15) is 0 Å². The van der Waals surface area contributed by atoms with Crippen molar-refractivity contribution in [1.29, 1.82) is 0 Å². The van der Waals surface area contributed by atoms with Crippen molar-refractivity contribution in [3.05, 3.63) is 0 Å². The predicted molar refractivity (Wildman–Crippen MR) is 59.7 cm³/mol. The van der Waals surface area contributed by atoms with Gasteiger partial charge in [-0.15, -0.1) is 0 Å². The number of carbonyl (C=O) groups excluding carboxylic acids is 2. The Hall–Kier alpha value is -1.10. The first-order valence-corrected chi connectivity index (χ1v) is 5.66. The van der Waals surface area contributed by atoms with E-state index in [1.807, 2.05) is 0 Å². The lowest BCUT2D eigenvalue weighted by atomic mass is 10.1. The molecule has 0 aliphatic rings. The van der Waals surface area contributed by atoms with Crippen molar-refractivity contribution in [2.24, 2.45) is 5.73 Å². The van der Waals surface area contributed by atoms with Gasteiger partial charge in [0.2, 0.25) is 0 Å². The molecule has 0 unspecified atom stereocenters. The zero-order valence-electron chi connectivity index (χ0n) is 10.0. The molecule has 0 aromatic rings. The molecule has 16 heavy (non-hydrogen) atoms. The van der Waals surface area contributed by atoms with Crippen LogP contribution in [0.4, 0.5) is 0 Å². The summed E-state index contributed by atoms with van der Waals surface area (Å²) in [5, 5.41) is 0. The van der Waals surface area contributed by atoms with Crippen LogP contribution < -0.4 is 5.73 Å². The Morgan fingerprint density at radius 1 is 1.00 bits per heavy atom. The molecule has 0 aliphatic carbocycles. The molecule has 0 aliphatic heterocycles. The summed E-state index contributed by atoms with van der Waals surface area (Å²) in [6.07, 6.45) is 1.69. The first-order valence-electron chi connectivity index (χ1n) is 5.66.